The lowest BCUT2D eigenvalue weighted by Crippen LogP contribution is -2.47. The fourth-order valence-electron chi connectivity index (χ4n) is 3.30. The lowest BCUT2D eigenvalue weighted by molar-refractivity contribution is -0.120. The van der Waals surface area contributed by atoms with Gasteiger partial charge < -0.3 is 14.8 Å². The van der Waals surface area contributed by atoms with Crippen LogP contribution >= 0.6 is 11.8 Å². The standard InChI is InChI=1S/C20H18N2O5S/c1-28-9-8-15(22-19(24)13-4-2-3-5-14(13)20(22)25)18(23)21-12-6-7-16-17(10-12)27-11-26-16/h2-7,10,15H,8-9,11H2,1H3,(H,21,23)/t15-/m1/s1. The van der Waals surface area contributed by atoms with Crippen LogP contribution in [0.3, 0.4) is 0 Å². The number of amides is 3. The smallest absolute Gasteiger partial charge is 0.262 e. The van der Waals surface area contributed by atoms with E-state index in [2.05, 4.69) is 5.32 Å². The summed E-state index contributed by atoms with van der Waals surface area (Å²) in [6.07, 6.45) is 2.28. The number of rotatable bonds is 6. The monoisotopic (exact) mass is 398 g/mol. The molecule has 7 nitrogen and oxygen atoms in total. The van der Waals surface area contributed by atoms with E-state index in [-0.39, 0.29) is 6.79 Å². The largest absolute Gasteiger partial charge is 0.454 e. The van der Waals surface area contributed by atoms with Crippen LogP contribution in [0.1, 0.15) is 27.1 Å². The predicted molar refractivity (Wildman–Crippen MR) is 105 cm³/mol. The first-order chi connectivity index (χ1) is 13.6. The van der Waals surface area contributed by atoms with Crippen LogP contribution in [0.5, 0.6) is 11.5 Å². The van der Waals surface area contributed by atoms with Crippen LogP contribution in [-0.4, -0.2) is 47.5 Å². The van der Waals surface area contributed by atoms with Crippen LogP contribution in [0.15, 0.2) is 42.5 Å². The van der Waals surface area contributed by atoms with Crippen LogP contribution in [0.4, 0.5) is 5.69 Å². The molecular weight excluding hydrogens is 380 g/mol. The molecule has 2 aromatic carbocycles. The van der Waals surface area contributed by atoms with Crippen molar-refractivity contribution in [3.63, 3.8) is 0 Å². The van der Waals surface area contributed by atoms with Crippen molar-refractivity contribution >= 4 is 35.2 Å². The molecular formula is C20H18N2O5S. The zero-order valence-electron chi connectivity index (χ0n) is 15.1. The number of anilines is 1. The first-order valence-electron chi connectivity index (χ1n) is 8.76. The quantitative estimate of drug-likeness (QED) is 0.754. The fourth-order valence-corrected chi connectivity index (χ4v) is 3.76. The number of ether oxygens (including phenoxy) is 2. The number of carbonyl (C=O) groups excluding carboxylic acids is 3. The third-order valence-electron chi connectivity index (χ3n) is 4.68. The van der Waals surface area contributed by atoms with Crippen molar-refractivity contribution in [2.24, 2.45) is 0 Å². The Kier molecular flexibility index (Phi) is 4.95. The molecule has 28 heavy (non-hydrogen) atoms. The third-order valence-corrected chi connectivity index (χ3v) is 5.32. The van der Waals surface area contributed by atoms with Crippen molar-refractivity contribution in [3.8, 4) is 11.5 Å². The minimum absolute atomic E-state index is 0.137. The average molecular weight is 398 g/mol. The van der Waals surface area contributed by atoms with Crippen LogP contribution in [0, 0.1) is 0 Å². The summed E-state index contributed by atoms with van der Waals surface area (Å²) in [5.74, 6) is 0.492. The van der Waals surface area contributed by atoms with Gasteiger partial charge >= 0.3 is 0 Å². The van der Waals surface area contributed by atoms with E-state index in [4.69, 9.17) is 9.47 Å². The van der Waals surface area contributed by atoms with Gasteiger partial charge in [-0.05, 0) is 42.7 Å². The van der Waals surface area contributed by atoms with Crippen molar-refractivity contribution in [2.75, 3.05) is 24.1 Å². The third kappa shape index (κ3) is 3.20. The first-order valence-corrected chi connectivity index (χ1v) is 10.2. The van der Waals surface area contributed by atoms with Gasteiger partial charge in [0.2, 0.25) is 12.7 Å². The molecule has 2 aliphatic heterocycles. The summed E-state index contributed by atoms with van der Waals surface area (Å²) in [7, 11) is 0. The van der Waals surface area contributed by atoms with Gasteiger partial charge in [-0.3, -0.25) is 19.3 Å². The van der Waals surface area contributed by atoms with Gasteiger partial charge in [0.05, 0.1) is 11.1 Å². The molecule has 0 radical (unpaired) electrons. The van der Waals surface area contributed by atoms with E-state index in [0.29, 0.717) is 40.5 Å². The van der Waals surface area contributed by atoms with E-state index in [1.54, 1.807) is 54.2 Å². The Hall–Kier alpha value is -3.00. The highest BCUT2D eigenvalue weighted by atomic mass is 32.2. The van der Waals surface area contributed by atoms with Crippen molar-refractivity contribution in [1.29, 1.82) is 0 Å². The second kappa shape index (κ2) is 7.55. The summed E-state index contributed by atoms with van der Waals surface area (Å²) in [6.45, 7) is 0.137. The maximum atomic E-state index is 13.0. The number of carbonyl (C=O) groups is 3. The van der Waals surface area contributed by atoms with E-state index >= 15 is 0 Å². The maximum Gasteiger partial charge on any atom is 0.262 e. The molecule has 8 heteroatoms. The van der Waals surface area contributed by atoms with Gasteiger partial charge in [0.25, 0.3) is 11.8 Å². The molecule has 0 bridgehead atoms. The Bertz CT molecular complexity index is 926. The highest BCUT2D eigenvalue weighted by Gasteiger charge is 2.42. The molecule has 1 N–H and O–H groups in total. The molecule has 0 aliphatic carbocycles. The number of fused-ring (bicyclic) bond motifs is 2. The molecule has 0 saturated carbocycles. The van der Waals surface area contributed by atoms with Crippen LogP contribution in [0.2, 0.25) is 0 Å². The number of benzene rings is 2. The zero-order chi connectivity index (χ0) is 19.7. The molecule has 0 fully saturated rings. The number of imide groups is 1. The minimum Gasteiger partial charge on any atom is -0.454 e. The molecule has 4 rings (SSSR count). The van der Waals surface area contributed by atoms with Crippen LogP contribution in [-0.2, 0) is 4.79 Å². The Morgan fingerprint density at radius 3 is 2.46 bits per heavy atom. The van der Waals surface area contributed by atoms with Gasteiger partial charge in [-0.2, -0.15) is 11.8 Å². The van der Waals surface area contributed by atoms with Gasteiger partial charge in [-0.15, -0.1) is 0 Å². The van der Waals surface area contributed by atoms with Crippen LogP contribution < -0.4 is 14.8 Å². The summed E-state index contributed by atoms with van der Waals surface area (Å²) in [5.41, 5.74) is 1.18. The minimum atomic E-state index is -0.898. The van der Waals surface area contributed by atoms with E-state index in [0.717, 1.165) is 4.90 Å². The van der Waals surface area contributed by atoms with Crippen LogP contribution in [0.25, 0.3) is 0 Å². The Balaban J connectivity index is 1.59. The van der Waals surface area contributed by atoms with Crippen molar-refractivity contribution in [2.45, 2.75) is 12.5 Å². The molecule has 1 atom stereocenters. The highest BCUT2D eigenvalue weighted by Crippen LogP contribution is 2.34. The molecule has 0 aromatic heterocycles. The topological polar surface area (TPSA) is 84.9 Å². The molecule has 0 saturated heterocycles. The highest BCUT2D eigenvalue weighted by molar-refractivity contribution is 7.98. The lowest BCUT2D eigenvalue weighted by atomic mass is 10.1. The number of nitrogens with zero attached hydrogens (tertiary/aromatic N) is 1. The first kappa shape index (κ1) is 18.4. The number of thioether (sulfide) groups is 1. The molecule has 3 amide bonds. The summed E-state index contributed by atoms with van der Waals surface area (Å²) < 4.78 is 10.6. The fraction of sp³-hybridized carbons (Fsp3) is 0.250. The zero-order valence-corrected chi connectivity index (χ0v) is 16.0. The van der Waals surface area contributed by atoms with Gasteiger partial charge in [-0.25, -0.2) is 0 Å². The SMILES string of the molecule is CSCC[C@H](C(=O)Nc1ccc2c(c1)OCO2)N1C(=O)c2ccccc2C1=O. The summed E-state index contributed by atoms with van der Waals surface area (Å²) in [5, 5.41) is 2.80. The van der Waals surface area contributed by atoms with E-state index in [1.165, 1.54) is 0 Å². The lowest BCUT2D eigenvalue weighted by Gasteiger charge is -2.25. The average Bonchev–Trinajstić information content (AvgIpc) is 3.26. The Labute approximate surface area is 166 Å². The maximum absolute atomic E-state index is 13.0. The molecule has 144 valence electrons. The summed E-state index contributed by atoms with van der Waals surface area (Å²) in [6, 6.07) is 10.8. The van der Waals surface area contributed by atoms with Gasteiger partial charge in [0.15, 0.2) is 11.5 Å². The molecule has 2 aliphatic rings. The van der Waals surface area contributed by atoms with Gasteiger partial charge in [0.1, 0.15) is 6.04 Å². The Morgan fingerprint density at radius 1 is 1.11 bits per heavy atom. The number of nitrogens with one attached hydrogen (secondary N) is 1. The molecule has 0 spiro atoms. The second-order valence-corrected chi connectivity index (χ2v) is 7.37. The normalized spacial score (nSPS) is 15.5. The summed E-state index contributed by atoms with van der Waals surface area (Å²) in [4.78, 5) is 39.7. The van der Waals surface area contributed by atoms with E-state index in [9.17, 15) is 14.4 Å². The van der Waals surface area contributed by atoms with Crippen molar-refractivity contribution in [3.05, 3.63) is 53.6 Å². The predicted octanol–water partition coefficient (Wildman–Crippen LogP) is 2.77. The van der Waals surface area contributed by atoms with Gasteiger partial charge in [0, 0.05) is 11.8 Å². The van der Waals surface area contributed by atoms with Gasteiger partial charge in [-0.1, -0.05) is 12.1 Å². The summed E-state index contributed by atoms with van der Waals surface area (Å²) >= 11 is 1.55. The second-order valence-electron chi connectivity index (χ2n) is 6.38. The van der Waals surface area contributed by atoms with Crippen molar-refractivity contribution < 1.29 is 23.9 Å². The van der Waals surface area contributed by atoms with E-state index < -0.39 is 23.8 Å². The van der Waals surface area contributed by atoms with Crippen molar-refractivity contribution in [1.82, 2.24) is 4.90 Å². The molecule has 2 heterocycles. The van der Waals surface area contributed by atoms with E-state index in [1.807, 2.05) is 6.26 Å². The molecule has 2 aromatic rings. The molecule has 0 unspecified atom stereocenters. The number of hydrogen-bond acceptors (Lipinski definition) is 6. The number of hydrogen-bond donors (Lipinski definition) is 1. The Morgan fingerprint density at radius 2 is 1.79 bits per heavy atom.